The Kier molecular flexibility index (Phi) is 8.59. The molecule has 2 rings (SSSR count). The summed E-state index contributed by atoms with van der Waals surface area (Å²) in [4.78, 5) is 12.7. The maximum atomic E-state index is 12.7. The number of aliphatic hydroxyl groups excluding tert-OH is 1. The molecule has 2 N–H and O–H groups in total. The van der Waals surface area contributed by atoms with Crippen molar-refractivity contribution in [3.8, 4) is 11.5 Å². The van der Waals surface area contributed by atoms with Gasteiger partial charge >= 0.3 is 0 Å². The molecule has 2 aromatic rings. The number of amides is 1. The van der Waals surface area contributed by atoms with E-state index in [4.69, 9.17) is 9.47 Å². The predicted molar refractivity (Wildman–Crippen MR) is 116 cm³/mol. The van der Waals surface area contributed by atoms with Crippen LogP contribution in [0.3, 0.4) is 0 Å². The highest BCUT2D eigenvalue weighted by molar-refractivity contribution is 6.19. The van der Waals surface area contributed by atoms with E-state index in [9.17, 15) is 9.90 Å². The van der Waals surface area contributed by atoms with Crippen molar-refractivity contribution in [2.75, 3.05) is 13.7 Å². The van der Waals surface area contributed by atoms with Crippen LogP contribution in [-0.4, -0.2) is 24.7 Å². The summed E-state index contributed by atoms with van der Waals surface area (Å²) in [7, 11) is 1.61. The molecule has 0 fully saturated rings. The van der Waals surface area contributed by atoms with Crippen LogP contribution in [0.15, 0.2) is 54.8 Å². The number of rotatable bonds is 10. The number of hydrogen-bond donors (Lipinski definition) is 2. The summed E-state index contributed by atoms with van der Waals surface area (Å²) >= 11 is 0. The van der Waals surface area contributed by atoms with Gasteiger partial charge in [0.2, 0.25) is 0 Å². The third-order valence-corrected chi connectivity index (χ3v) is 4.82. The molecule has 1 amide bonds. The molecule has 0 saturated heterocycles. The molecule has 2 aromatic carbocycles. The Hall–Kier alpha value is -2.95. The van der Waals surface area contributed by atoms with Gasteiger partial charge < -0.3 is 19.9 Å². The van der Waals surface area contributed by atoms with Gasteiger partial charge in [0.1, 0.15) is 11.5 Å². The molecule has 156 valence electrons. The fraction of sp³-hybridized carbons (Fsp3) is 0.375. The molecular formula is C24H31NO4. The van der Waals surface area contributed by atoms with E-state index in [1.54, 1.807) is 19.2 Å². The Morgan fingerprint density at radius 3 is 2.24 bits per heavy atom. The zero-order chi connectivity index (χ0) is 21.2. The summed E-state index contributed by atoms with van der Waals surface area (Å²) in [5, 5.41) is 12.5. The van der Waals surface area contributed by atoms with Gasteiger partial charge in [0.05, 0.1) is 31.6 Å². The Morgan fingerprint density at radius 1 is 1.07 bits per heavy atom. The first kappa shape index (κ1) is 22.3. The normalized spacial score (nSPS) is 13.4. The van der Waals surface area contributed by atoms with Crippen LogP contribution >= 0.6 is 0 Å². The van der Waals surface area contributed by atoms with E-state index in [0.717, 1.165) is 36.2 Å². The molecule has 2 atom stereocenters. The molecule has 0 heterocycles. The molecule has 0 saturated carbocycles. The average Bonchev–Trinajstić information content (AvgIpc) is 2.74. The fourth-order valence-corrected chi connectivity index (χ4v) is 3.06. The van der Waals surface area contributed by atoms with Crippen molar-refractivity contribution < 1.29 is 19.4 Å². The highest BCUT2D eigenvalue weighted by atomic mass is 16.5. The number of nitrogens with one attached hydrogen (secondary N) is 1. The quantitative estimate of drug-likeness (QED) is 0.422. The third-order valence-electron chi connectivity index (χ3n) is 4.82. The first-order chi connectivity index (χ1) is 14.0. The minimum Gasteiger partial charge on any atom is -0.515 e. The summed E-state index contributed by atoms with van der Waals surface area (Å²) in [6.07, 6.45) is 3.11. The molecule has 1 unspecified atom stereocenters. The Labute approximate surface area is 173 Å². The van der Waals surface area contributed by atoms with Gasteiger partial charge in [0.25, 0.3) is 5.91 Å². The molecule has 5 nitrogen and oxygen atoms in total. The van der Waals surface area contributed by atoms with E-state index < -0.39 is 0 Å². The van der Waals surface area contributed by atoms with Crippen molar-refractivity contribution in [3.63, 3.8) is 0 Å². The first-order valence-electron chi connectivity index (χ1n) is 10.0. The molecule has 0 aliphatic carbocycles. The van der Waals surface area contributed by atoms with E-state index in [1.165, 1.54) is 0 Å². The van der Waals surface area contributed by atoms with Gasteiger partial charge in [-0.2, -0.15) is 0 Å². The molecule has 29 heavy (non-hydrogen) atoms. The maximum Gasteiger partial charge on any atom is 0.255 e. The van der Waals surface area contributed by atoms with Crippen molar-refractivity contribution in [1.29, 1.82) is 0 Å². The van der Waals surface area contributed by atoms with Gasteiger partial charge in [-0.1, -0.05) is 44.5 Å². The summed E-state index contributed by atoms with van der Waals surface area (Å²) in [6.45, 7) is 6.88. The molecule has 5 heteroatoms. The highest BCUT2D eigenvalue weighted by Gasteiger charge is 2.16. The lowest BCUT2D eigenvalue weighted by Crippen LogP contribution is -2.27. The third kappa shape index (κ3) is 6.56. The van der Waals surface area contributed by atoms with E-state index in [0.29, 0.717) is 18.1 Å². The molecule has 0 radical (unpaired) electrons. The minimum absolute atomic E-state index is 0.205. The first-order valence-corrected chi connectivity index (χ1v) is 10.0. The summed E-state index contributed by atoms with van der Waals surface area (Å²) in [5.41, 5.74) is 1.78. The number of benzene rings is 2. The SMILES string of the molecule is CCCC(C)COc1ccc(C(=CO)C(=O)N[C@H](C)c2ccc(OC)cc2)cc1. The highest BCUT2D eigenvalue weighted by Crippen LogP contribution is 2.22. The number of hydrogen-bond acceptors (Lipinski definition) is 4. The zero-order valence-corrected chi connectivity index (χ0v) is 17.6. The molecule has 0 spiro atoms. The summed E-state index contributed by atoms with van der Waals surface area (Å²) < 4.78 is 11.0. The van der Waals surface area contributed by atoms with Crippen LogP contribution in [0.4, 0.5) is 0 Å². The molecule has 0 aliphatic rings. The summed E-state index contributed by atoms with van der Waals surface area (Å²) in [6, 6.07) is 14.5. The Morgan fingerprint density at radius 2 is 1.69 bits per heavy atom. The zero-order valence-electron chi connectivity index (χ0n) is 17.6. The van der Waals surface area contributed by atoms with Crippen LogP contribution in [0.5, 0.6) is 11.5 Å². The van der Waals surface area contributed by atoms with Crippen molar-refractivity contribution in [2.45, 2.75) is 39.7 Å². The maximum absolute atomic E-state index is 12.7. The number of carbonyl (C=O) groups excluding carboxylic acids is 1. The van der Waals surface area contributed by atoms with E-state index in [-0.39, 0.29) is 17.5 Å². The second-order valence-corrected chi connectivity index (χ2v) is 7.24. The Balaban J connectivity index is 1.99. The lowest BCUT2D eigenvalue weighted by molar-refractivity contribution is -0.116. The topological polar surface area (TPSA) is 67.8 Å². The van der Waals surface area contributed by atoms with Crippen LogP contribution in [-0.2, 0) is 4.79 Å². The summed E-state index contributed by atoms with van der Waals surface area (Å²) in [5.74, 6) is 1.66. The van der Waals surface area contributed by atoms with Gasteiger partial charge in [-0.05, 0) is 54.7 Å². The smallest absolute Gasteiger partial charge is 0.255 e. The van der Waals surface area contributed by atoms with Crippen molar-refractivity contribution in [2.24, 2.45) is 5.92 Å². The van der Waals surface area contributed by atoms with Crippen LogP contribution in [0.25, 0.3) is 5.57 Å². The average molecular weight is 398 g/mol. The van der Waals surface area contributed by atoms with Crippen LogP contribution in [0.1, 0.15) is 50.8 Å². The lowest BCUT2D eigenvalue weighted by Gasteiger charge is -2.16. The largest absolute Gasteiger partial charge is 0.515 e. The monoisotopic (exact) mass is 397 g/mol. The second-order valence-electron chi connectivity index (χ2n) is 7.24. The number of aliphatic hydroxyl groups is 1. The standard InChI is InChI=1S/C24H31NO4/c1-5-6-17(2)16-29-22-13-9-20(10-14-22)23(15-26)24(27)25-18(3)19-7-11-21(28-4)12-8-19/h7-15,17-18,26H,5-6,16H2,1-4H3,(H,25,27)/t17?,18-/m1/s1. The molecule has 0 aliphatic heterocycles. The van der Waals surface area contributed by atoms with Gasteiger partial charge in [-0.3, -0.25) is 4.79 Å². The molecular weight excluding hydrogens is 366 g/mol. The van der Waals surface area contributed by atoms with E-state index >= 15 is 0 Å². The Bertz CT molecular complexity index is 797. The van der Waals surface area contributed by atoms with Gasteiger partial charge in [0, 0.05) is 0 Å². The lowest BCUT2D eigenvalue weighted by atomic mass is 10.0. The van der Waals surface area contributed by atoms with Crippen LogP contribution < -0.4 is 14.8 Å². The molecule has 0 bridgehead atoms. The van der Waals surface area contributed by atoms with Gasteiger partial charge in [-0.15, -0.1) is 0 Å². The fourth-order valence-electron chi connectivity index (χ4n) is 3.06. The van der Waals surface area contributed by atoms with E-state index in [2.05, 4.69) is 19.2 Å². The number of methoxy groups -OCH3 is 1. The van der Waals surface area contributed by atoms with Crippen molar-refractivity contribution in [3.05, 3.63) is 65.9 Å². The predicted octanol–water partition coefficient (Wildman–Crippen LogP) is 5.29. The number of carbonyl (C=O) groups is 1. The van der Waals surface area contributed by atoms with Crippen LogP contribution in [0.2, 0.25) is 0 Å². The second kappa shape index (κ2) is 11.1. The minimum atomic E-state index is -0.346. The van der Waals surface area contributed by atoms with E-state index in [1.807, 2.05) is 43.3 Å². The number of ether oxygens (including phenoxy) is 2. The van der Waals surface area contributed by atoms with Crippen molar-refractivity contribution in [1.82, 2.24) is 5.32 Å². The molecule has 0 aromatic heterocycles. The van der Waals surface area contributed by atoms with Crippen LogP contribution in [0, 0.1) is 5.92 Å². The van der Waals surface area contributed by atoms with Gasteiger partial charge in [-0.25, -0.2) is 0 Å². The van der Waals surface area contributed by atoms with Crippen molar-refractivity contribution >= 4 is 11.5 Å². The van der Waals surface area contributed by atoms with Gasteiger partial charge in [0.15, 0.2) is 0 Å².